The number of fused-ring (bicyclic) bond motifs is 1. The molecule has 0 aliphatic carbocycles. The summed E-state index contributed by atoms with van der Waals surface area (Å²) in [7, 11) is 0. The zero-order valence-electron chi connectivity index (χ0n) is 18.2. The molecule has 1 aromatic heterocycles. The van der Waals surface area contributed by atoms with E-state index in [2.05, 4.69) is 5.10 Å². The molecule has 0 spiro atoms. The van der Waals surface area contributed by atoms with E-state index in [-0.39, 0.29) is 18.7 Å². The van der Waals surface area contributed by atoms with Gasteiger partial charge in [0, 0.05) is 10.9 Å². The molecule has 1 heterocycles. The minimum atomic E-state index is -0.904. The highest BCUT2D eigenvalue weighted by atomic mass is 16.5. The van der Waals surface area contributed by atoms with E-state index in [0.29, 0.717) is 23.4 Å². The van der Waals surface area contributed by atoms with Crippen molar-refractivity contribution >= 4 is 10.8 Å². The predicted molar refractivity (Wildman–Crippen MR) is 125 cm³/mol. The molecular weight excluding hydrogens is 404 g/mol. The van der Waals surface area contributed by atoms with Crippen LogP contribution < -0.4 is 15.0 Å². The van der Waals surface area contributed by atoms with Crippen LogP contribution in [0.3, 0.4) is 0 Å². The number of hydrogen-bond donors (Lipinski definition) is 1. The molecule has 6 heteroatoms. The van der Waals surface area contributed by atoms with Crippen molar-refractivity contribution in [1.82, 2.24) is 9.78 Å². The summed E-state index contributed by atoms with van der Waals surface area (Å²) in [5, 5.41) is 16.5. The molecule has 32 heavy (non-hydrogen) atoms. The lowest BCUT2D eigenvalue weighted by atomic mass is 10.0. The van der Waals surface area contributed by atoms with Gasteiger partial charge in [-0.2, -0.15) is 5.10 Å². The molecule has 164 valence electrons. The molecular formula is C26H26N2O4. The summed E-state index contributed by atoms with van der Waals surface area (Å²) in [5.74, 6) is 1.38. The van der Waals surface area contributed by atoms with E-state index in [0.717, 1.165) is 22.3 Å². The van der Waals surface area contributed by atoms with Gasteiger partial charge in [0.05, 0.1) is 24.2 Å². The Labute approximate surface area is 186 Å². The number of aryl methyl sites for hydroxylation is 1. The quantitative estimate of drug-likeness (QED) is 0.453. The summed E-state index contributed by atoms with van der Waals surface area (Å²) in [6.07, 6.45) is -0.904. The van der Waals surface area contributed by atoms with Crippen LogP contribution in [0.25, 0.3) is 22.0 Å². The molecule has 0 amide bonds. The lowest BCUT2D eigenvalue weighted by molar-refractivity contribution is 0.0882. The Kier molecular flexibility index (Phi) is 6.52. The third kappa shape index (κ3) is 4.81. The van der Waals surface area contributed by atoms with Gasteiger partial charge in [-0.05, 0) is 44.2 Å². The monoisotopic (exact) mass is 430 g/mol. The number of benzene rings is 3. The minimum Gasteiger partial charge on any atom is -0.494 e. The predicted octanol–water partition coefficient (Wildman–Crippen LogP) is 4.21. The summed E-state index contributed by atoms with van der Waals surface area (Å²) in [5.41, 5.74) is 2.53. The number of aliphatic hydroxyl groups excluding tert-OH is 1. The molecule has 3 aromatic carbocycles. The van der Waals surface area contributed by atoms with Gasteiger partial charge in [-0.1, -0.05) is 48.0 Å². The van der Waals surface area contributed by atoms with Crippen LogP contribution in [0.5, 0.6) is 11.5 Å². The molecule has 1 unspecified atom stereocenters. The van der Waals surface area contributed by atoms with Crippen LogP contribution >= 0.6 is 0 Å². The number of hydrogen-bond acceptors (Lipinski definition) is 5. The first kappa shape index (κ1) is 21.6. The number of ether oxygens (including phenoxy) is 2. The van der Waals surface area contributed by atoms with Crippen molar-refractivity contribution in [3.05, 3.63) is 88.7 Å². The van der Waals surface area contributed by atoms with E-state index < -0.39 is 6.10 Å². The van der Waals surface area contributed by atoms with Crippen molar-refractivity contribution < 1.29 is 14.6 Å². The van der Waals surface area contributed by atoms with Crippen molar-refractivity contribution in [3.63, 3.8) is 0 Å². The summed E-state index contributed by atoms with van der Waals surface area (Å²) >= 11 is 0. The Hall–Kier alpha value is -3.64. The van der Waals surface area contributed by atoms with Crippen molar-refractivity contribution in [2.45, 2.75) is 26.5 Å². The fourth-order valence-corrected chi connectivity index (χ4v) is 3.53. The number of nitrogens with zero attached hydrogens (tertiary/aromatic N) is 2. The summed E-state index contributed by atoms with van der Waals surface area (Å²) < 4.78 is 12.4. The highest BCUT2D eigenvalue weighted by Gasteiger charge is 2.15. The molecule has 1 atom stereocenters. The van der Waals surface area contributed by atoms with Crippen LogP contribution in [0, 0.1) is 6.92 Å². The highest BCUT2D eigenvalue weighted by molar-refractivity contribution is 5.93. The van der Waals surface area contributed by atoms with Gasteiger partial charge in [0.15, 0.2) is 0 Å². The Morgan fingerprint density at radius 1 is 0.906 bits per heavy atom. The molecule has 4 aromatic rings. The van der Waals surface area contributed by atoms with Gasteiger partial charge < -0.3 is 14.6 Å². The van der Waals surface area contributed by atoms with E-state index in [9.17, 15) is 9.90 Å². The van der Waals surface area contributed by atoms with Crippen LogP contribution in [-0.4, -0.2) is 34.2 Å². The Morgan fingerprint density at radius 2 is 1.53 bits per heavy atom. The van der Waals surface area contributed by atoms with Crippen LogP contribution in [0.4, 0.5) is 0 Å². The fraction of sp³-hybridized carbons (Fsp3) is 0.231. The van der Waals surface area contributed by atoms with Crippen molar-refractivity contribution in [2.75, 3.05) is 13.2 Å². The second-order valence-electron chi connectivity index (χ2n) is 7.62. The molecule has 1 N–H and O–H groups in total. The third-order valence-corrected chi connectivity index (χ3v) is 5.15. The molecule has 0 saturated heterocycles. The standard InChI is InChI=1S/C26H26N2O4/c1-3-31-21-12-14-22(15-13-21)32-17-20(29)16-28-26(30)24-7-5-4-6-23(24)25(27-28)19-10-8-18(2)9-11-19/h4-15,20,29H,3,16-17H2,1-2H3. The van der Waals surface area contributed by atoms with Crippen LogP contribution in [0.1, 0.15) is 12.5 Å². The molecule has 0 saturated carbocycles. The first-order valence-electron chi connectivity index (χ1n) is 10.7. The minimum absolute atomic E-state index is 0.0273. The Bertz CT molecular complexity index is 1250. The second kappa shape index (κ2) is 9.66. The van der Waals surface area contributed by atoms with Crippen LogP contribution in [0.2, 0.25) is 0 Å². The third-order valence-electron chi connectivity index (χ3n) is 5.15. The molecule has 0 aliphatic heterocycles. The van der Waals surface area contributed by atoms with Crippen molar-refractivity contribution in [3.8, 4) is 22.8 Å². The lowest BCUT2D eigenvalue weighted by Gasteiger charge is -2.16. The van der Waals surface area contributed by atoms with E-state index >= 15 is 0 Å². The number of rotatable bonds is 8. The van der Waals surface area contributed by atoms with E-state index in [1.165, 1.54) is 4.68 Å². The van der Waals surface area contributed by atoms with Gasteiger partial charge in [0.1, 0.15) is 24.2 Å². The maximum Gasteiger partial charge on any atom is 0.274 e. The molecule has 0 aliphatic rings. The van der Waals surface area contributed by atoms with Crippen LogP contribution in [-0.2, 0) is 6.54 Å². The van der Waals surface area contributed by atoms with E-state index in [1.54, 1.807) is 18.2 Å². The largest absolute Gasteiger partial charge is 0.494 e. The average molecular weight is 431 g/mol. The molecule has 0 radical (unpaired) electrons. The van der Waals surface area contributed by atoms with E-state index in [1.807, 2.05) is 68.4 Å². The molecule has 0 fully saturated rings. The zero-order chi connectivity index (χ0) is 22.5. The molecule has 4 rings (SSSR count). The second-order valence-corrected chi connectivity index (χ2v) is 7.62. The summed E-state index contributed by atoms with van der Waals surface area (Å²) in [4.78, 5) is 13.0. The zero-order valence-corrected chi connectivity index (χ0v) is 18.2. The van der Waals surface area contributed by atoms with Gasteiger partial charge in [0.25, 0.3) is 5.56 Å². The van der Waals surface area contributed by atoms with Crippen molar-refractivity contribution in [2.24, 2.45) is 0 Å². The SMILES string of the molecule is CCOc1ccc(OCC(O)Cn2nc(-c3ccc(C)cc3)c3ccccc3c2=O)cc1. The number of aliphatic hydroxyl groups is 1. The average Bonchev–Trinajstić information content (AvgIpc) is 2.81. The van der Waals surface area contributed by atoms with E-state index in [4.69, 9.17) is 9.47 Å². The summed E-state index contributed by atoms with van der Waals surface area (Å²) in [6, 6.07) is 22.6. The topological polar surface area (TPSA) is 73.6 Å². The Balaban J connectivity index is 1.56. The van der Waals surface area contributed by atoms with Gasteiger partial charge in [-0.3, -0.25) is 4.79 Å². The van der Waals surface area contributed by atoms with Crippen LogP contribution in [0.15, 0.2) is 77.6 Å². The smallest absolute Gasteiger partial charge is 0.274 e. The van der Waals surface area contributed by atoms with Gasteiger partial charge in [-0.25, -0.2) is 4.68 Å². The number of aromatic nitrogens is 2. The fourth-order valence-electron chi connectivity index (χ4n) is 3.53. The molecule has 6 nitrogen and oxygen atoms in total. The molecule has 0 bridgehead atoms. The Morgan fingerprint density at radius 3 is 2.19 bits per heavy atom. The maximum absolute atomic E-state index is 13.0. The van der Waals surface area contributed by atoms with Gasteiger partial charge >= 0.3 is 0 Å². The highest BCUT2D eigenvalue weighted by Crippen LogP contribution is 2.25. The lowest BCUT2D eigenvalue weighted by Crippen LogP contribution is -2.32. The normalized spacial score (nSPS) is 12.0. The van der Waals surface area contributed by atoms with Gasteiger partial charge in [0.2, 0.25) is 0 Å². The summed E-state index contributed by atoms with van der Waals surface area (Å²) in [6.45, 7) is 4.61. The van der Waals surface area contributed by atoms with Crippen molar-refractivity contribution in [1.29, 1.82) is 0 Å². The maximum atomic E-state index is 13.0. The first-order valence-corrected chi connectivity index (χ1v) is 10.7. The first-order chi connectivity index (χ1) is 15.5. The van der Waals surface area contributed by atoms with Gasteiger partial charge in [-0.15, -0.1) is 0 Å².